The maximum Gasteiger partial charge on any atom is 0.0484 e. The standard InChI is InChI=1S/C6H12ClNO/c7-5-6(8)1-3-9-4-2-6/h1-5,8H2. The highest BCUT2D eigenvalue weighted by Gasteiger charge is 2.26. The summed E-state index contributed by atoms with van der Waals surface area (Å²) < 4.78 is 5.13. The maximum atomic E-state index is 5.85. The van der Waals surface area contributed by atoms with E-state index in [2.05, 4.69) is 0 Å². The van der Waals surface area contributed by atoms with E-state index < -0.39 is 0 Å². The quantitative estimate of drug-likeness (QED) is 0.558. The fourth-order valence-corrected chi connectivity index (χ4v) is 1.18. The molecule has 1 fully saturated rings. The van der Waals surface area contributed by atoms with Crippen molar-refractivity contribution < 1.29 is 4.74 Å². The van der Waals surface area contributed by atoms with E-state index in [1.54, 1.807) is 0 Å². The van der Waals surface area contributed by atoms with Crippen molar-refractivity contribution in [2.45, 2.75) is 18.4 Å². The van der Waals surface area contributed by atoms with Crippen molar-refractivity contribution in [1.82, 2.24) is 0 Å². The van der Waals surface area contributed by atoms with Gasteiger partial charge in [0.1, 0.15) is 0 Å². The Hall–Kier alpha value is 0.210. The lowest BCUT2D eigenvalue weighted by molar-refractivity contribution is 0.0605. The van der Waals surface area contributed by atoms with E-state index in [0.717, 1.165) is 26.1 Å². The molecule has 0 spiro atoms. The third-order valence-corrected chi connectivity index (χ3v) is 2.29. The zero-order valence-electron chi connectivity index (χ0n) is 5.40. The Kier molecular flexibility index (Phi) is 2.33. The lowest BCUT2D eigenvalue weighted by Crippen LogP contribution is -2.46. The fourth-order valence-electron chi connectivity index (χ4n) is 0.912. The Bertz CT molecular complexity index is 91.1. The van der Waals surface area contributed by atoms with Gasteiger partial charge in [0.05, 0.1) is 0 Å². The van der Waals surface area contributed by atoms with Gasteiger partial charge < -0.3 is 10.5 Å². The summed E-state index contributed by atoms with van der Waals surface area (Å²) in [5, 5.41) is 0. The number of alkyl halides is 1. The molecular formula is C6H12ClNO. The van der Waals surface area contributed by atoms with E-state index in [1.165, 1.54) is 0 Å². The van der Waals surface area contributed by atoms with Crippen molar-refractivity contribution >= 4 is 11.6 Å². The van der Waals surface area contributed by atoms with Crippen molar-refractivity contribution in [3.63, 3.8) is 0 Å². The van der Waals surface area contributed by atoms with Crippen molar-refractivity contribution in [3.8, 4) is 0 Å². The average Bonchev–Trinajstić information content (AvgIpc) is 1.90. The maximum absolute atomic E-state index is 5.85. The van der Waals surface area contributed by atoms with Gasteiger partial charge in [0.2, 0.25) is 0 Å². The minimum absolute atomic E-state index is 0.139. The van der Waals surface area contributed by atoms with E-state index in [9.17, 15) is 0 Å². The first-order valence-electron chi connectivity index (χ1n) is 3.19. The Morgan fingerprint density at radius 3 is 2.33 bits per heavy atom. The van der Waals surface area contributed by atoms with Gasteiger partial charge in [-0.25, -0.2) is 0 Å². The minimum Gasteiger partial charge on any atom is -0.381 e. The lowest BCUT2D eigenvalue weighted by atomic mass is 9.94. The fraction of sp³-hybridized carbons (Fsp3) is 1.00. The molecule has 0 aliphatic carbocycles. The monoisotopic (exact) mass is 149 g/mol. The summed E-state index contributed by atoms with van der Waals surface area (Å²) in [6.07, 6.45) is 1.80. The number of rotatable bonds is 1. The molecule has 0 radical (unpaired) electrons. The first-order valence-corrected chi connectivity index (χ1v) is 3.73. The van der Waals surface area contributed by atoms with E-state index in [-0.39, 0.29) is 5.54 Å². The summed E-state index contributed by atoms with van der Waals surface area (Å²) in [5.74, 6) is 0.552. The SMILES string of the molecule is NC1(CCl)CCOCC1. The van der Waals surface area contributed by atoms with Crippen LogP contribution in [0.4, 0.5) is 0 Å². The molecule has 54 valence electrons. The highest BCUT2D eigenvalue weighted by molar-refractivity contribution is 6.18. The van der Waals surface area contributed by atoms with Gasteiger partial charge >= 0.3 is 0 Å². The smallest absolute Gasteiger partial charge is 0.0484 e. The average molecular weight is 150 g/mol. The molecule has 1 aliphatic heterocycles. The van der Waals surface area contributed by atoms with Gasteiger partial charge in [-0.2, -0.15) is 0 Å². The normalized spacial score (nSPS) is 26.0. The molecule has 0 unspecified atom stereocenters. The van der Waals surface area contributed by atoms with E-state index in [4.69, 9.17) is 22.1 Å². The molecule has 1 aliphatic rings. The summed E-state index contributed by atoms with van der Waals surface area (Å²) >= 11 is 5.64. The summed E-state index contributed by atoms with van der Waals surface area (Å²) in [5.41, 5.74) is 5.71. The first-order chi connectivity index (χ1) is 4.27. The number of hydrogen-bond donors (Lipinski definition) is 1. The Labute approximate surface area is 60.3 Å². The molecule has 2 N–H and O–H groups in total. The van der Waals surface area contributed by atoms with Crippen molar-refractivity contribution in [1.29, 1.82) is 0 Å². The van der Waals surface area contributed by atoms with Gasteiger partial charge in [0.15, 0.2) is 0 Å². The van der Waals surface area contributed by atoms with Gasteiger partial charge in [-0.3, -0.25) is 0 Å². The van der Waals surface area contributed by atoms with E-state index >= 15 is 0 Å². The van der Waals surface area contributed by atoms with Crippen molar-refractivity contribution in [2.24, 2.45) is 5.73 Å². The van der Waals surface area contributed by atoms with Crippen LogP contribution in [0, 0.1) is 0 Å². The number of nitrogens with two attached hydrogens (primary N) is 1. The predicted octanol–water partition coefficient (Wildman–Crippen LogP) is 0.733. The van der Waals surface area contributed by atoms with Crippen LogP contribution in [0.5, 0.6) is 0 Å². The van der Waals surface area contributed by atoms with E-state index in [1.807, 2.05) is 0 Å². The molecule has 3 heteroatoms. The number of ether oxygens (including phenoxy) is 1. The van der Waals surface area contributed by atoms with Gasteiger partial charge in [0, 0.05) is 24.6 Å². The Balaban J connectivity index is 2.37. The summed E-state index contributed by atoms with van der Waals surface area (Å²) in [6.45, 7) is 1.53. The van der Waals surface area contributed by atoms with Crippen LogP contribution in [0.2, 0.25) is 0 Å². The van der Waals surface area contributed by atoms with Crippen LogP contribution in [-0.4, -0.2) is 24.6 Å². The molecule has 1 heterocycles. The Morgan fingerprint density at radius 2 is 2.00 bits per heavy atom. The van der Waals surface area contributed by atoms with Crippen molar-refractivity contribution in [2.75, 3.05) is 19.1 Å². The molecular weight excluding hydrogens is 138 g/mol. The second-order valence-electron chi connectivity index (χ2n) is 2.61. The third-order valence-electron chi connectivity index (χ3n) is 1.75. The molecule has 9 heavy (non-hydrogen) atoms. The van der Waals surface area contributed by atoms with Gasteiger partial charge in [-0.05, 0) is 12.8 Å². The topological polar surface area (TPSA) is 35.2 Å². The Morgan fingerprint density at radius 1 is 1.44 bits per heavy atom. The van der Waals surface area contributed by atoms with Crippen LogP contribution in [0.1, 0.15) is 12.8 Å². The number of halogens is 1. The highest BCUT2D eigenvalue weighted by atomic mass is 35.5. The van der Waals surface area contributed by atoms with Crippen LogP contribution in [0.25, 0.3) is 0 Å². The molecule has 1 rings (SSSR count). The van der Waals surface area contributed by atoms with E-state index in [0.29, 0.717) is 5.88 Å². The summed E-state index contributed by atoms with van der Waals surface area (Å²) in [7, 11) is 0. The summed E-state index contributed by atoms with van der Waals surface area (Å²) in [6, 6.07) is 0. The van der Waals surface area contributed by atoms with Crippen LogP contribution >= 0.6 is 11.6 Å². The van der Waals surface area contributed by atoms with Gasteiger partial charge in [-0.1, -0.05) is 0 Å². The molecule has 0 aromatic carbocycles. The zero-order valence-corrected chi connectivity index (χ0v) is 6.16. The van der Waals surface area contributed by atoms with Crippen LogP contribution in [0.15, 0.2) is 0 Å². The largest absolute Gasteiger partial charge is 0.381 e. The molecule has 0 saturated carbocycles. The second-order valence-corrected chi connectivity index (χ2v) is 2.88. The van der Waals surface area contributed by atoms with Crippen LogP contribution in [0.3, 0.4) is 0 Å². The van der Waals surface area contributed by atoms with Crippen molar-refractivity contribution in [3.05, 3.63) is 0 Å². The van der Waals surface area contributed by atoms with Gasteiger partial charge in [0.25, 0.3) is 0 Å². The van der Waals surface area contributed by atoms with Crippen LogP contribution < -0.4 is 5.73 Å². The molecule has 2 nitrogen and oxygen atoms in total. The highest BCUT2D eigenvalue weighted by Crippen LogP contribution is 2.18. The molecule has 0 aromatic rings. The summed E-state index contributed by atoms with van der Waals surface area (Å²) in [4.78, 5) is 0. The first kappa shape index (κ1) is 7.32. The lowest BCUT2D eigenvalue weighted by Gasteiger charge is -2.30. The molecule has 0 atom stereocenters. The third kappa shape index (κ3) is 1.81. The molecule has 0 aromatic heterocycles. The van der Waals surface area contributed by atoms with Crippen LogP contribution in [-0.2, 0) is 4.74 Å². The molecule has 0 bridgehead atoms. The predicted molar refractivity (Wildman–Crippen MR) is 37.7 cm³/mol. The number of hydrogen-bond acceptors (Lipinski definition) is 2. The minimum atomic E-state index is -0.139. The zero-order chi connectivity index (χ0) is 6.74. The second kappa shape index (κ2) is 2.86. The molecule has 1 saturated heterocycles. The van der Waals surface area contributed by atoms with Gasteiger partial charge in [-0.15, -0.1) is 11.6 Å². The molecule has 0 amide bonds.